The standard InChI is InChI=1S/C16H15N5O2/c22-15(12-5-2-1-3-6-12)10-17-16(23)13-7-4-8-14(9-13)21-11-18-19-20-21/h1-9,11,15,22H,10H2,(H,17,23)/t15-/m1/s1. The number of amides is 1. The first-order valence-electron chi connectivity index (χ1n) is 7.08. The lowest BCUT2D eigenvalue weighted by Crippen LogP contribution is -2.28. The highest BCUT2D eigenvalue weighted by Crippen LogP contribution is 2.12. The number of nitrogens with zero attached hydrogens (tertiary/aromatic N) is 4. The lowest BCUT2D eigenvalue weighted by Gasteiger charge is -2.12. The normalized spacial score (nSPS) is 11.9. The molecule has 0 fully saturated rings. The predicted octanol–water partition coefficient (Wildman–Crippen LogP) is 1.13. The fraction of sp³-hybridized carbons (Fsp3) is 0.125. The Labute approximate surface area is 132 Å². The zero-order valence-electron chi connectivity index (χ0n) is 12.2. The summed E-state index contributed by atoms with van der Waals surface area (Å²) >= 11 is 0. The molecule has 0 aliphatic heterocycles. The summed E-state index contributed by atoms with van der Waals surface area (Å²) in [5.41, 5.74) is 1.92. The van der Waals surface area contributed by atoms with Gasteiger partial charge in [0.1, 0.15) is 6.33 Å². The molecule has 116 valence electrons. The first-order valence-corrected chi connectivity index (χ1v) is 7.08. The van der Waals surface area contributed by atoms with Gasteiger partial charge in [0, 0.05) is 12.1 Å². The van der Waals surface area contributed by atoms with Crippen LogP contribution in [0.25, 0.3) is 5.69 Å². The number of aromatic nitrogens is 4. The second-order valence-electron chi connectivity index (χ2n) is 4.94. The van der Waals surface area contributed by atoms with E-state index >= 15 is 0 Å². The smallest absolute Gasteiger partial charge is 0.251 e. The Kier molecular flexibility index (Phi) is 4.39. The van der Waals surface area contributed by atoms with Crippen LogP contribution in [0.2, 0.25) is 0 Å². The van der Waals surface area contributed by atoms with Crippen LogP contribution >= 0.6 is 0 Å². The lowest BCUT2D eigenvalue weighted by molar-refractivity contribution is 0.0916. The van der Waals surface area contributed by atoms with Crippen molar-refractivity contribution >= 4 is 5.91 Å². The molecule has 0 aliphatic rings. The lowest BCUT2D eigenvalue weighted by atomic mass is 10.1. The van der Waals surface area contributed by atoms with Gasteiger partial charge in [-0.1, -0.05) is 36.4 Å². The molecule has 1 aromatic heterocycles. The summed E-state index contributed by atoms with van der Waals surface area (Å²) < 4.78 is 1.47. The van der Waals surface area contributed by atoms with Crippen LogP contribution in [-0.2, 0) is 0 Å². The molecule has 0 spiro atoms. The largest absolute Gasteiger partial charge is 0.387 e. The third-order valence-electron chi connectivity index (χ3n) is 3.36. The van der Waals surface area contributed by atoms with Crippen molar-refractivity contribution in [1.82, 2.24) is 25.5 Å². The molecule has 1 amide bonds. The zero-order valence-corrected chi connectivity index (χ0v) is 12.2. The number of nitrogens with one attached hydrogen (secondary N) is 1. The maximum atomic E-state index is 12.2. The average Bonchev–Trinajstić information content (AvgIpc) is 3.15. The molecule has 1 atom stereocenters. The summed E-state index contributed by atoms with van der Waals surface area (Å²) in [6.07, 6.45) is 0.707. The molecular weight excluding hydrogens is 294 g/mol. The Hall–Kier alpha value is -3.06. The molecule has 1 heterocycles. The minimum Gasteiger partial charge on any atom is -0.387 e. The monoisotopic (exact) mass is 309 g/mol. The van der Waals surface area contributed by atoms with Crippen LogP contribution in [-0.4, -0.2) is 37.8 Å². The molecule has 3 rings (SSSR count). The van der Waals surface area contributed by atoms with Gasteiger partial charge in [-0.3, -0.25) is 4.79 Å². The van der Waals surface area contributed by atoms with Crippen molar-refractivity contribution in [3.8, 4) is 5.69 Å². The molecule has 2 N–H and O–H groups in total. The van der Waals surface area contributed by atoms with Crippen molar-refractivity contribution in [2.24, 2.45) is 0 Å². The Morgan fingerprint density at radius 2 is 2.00 bits per heavy atom. The molecule has 0 saturated carbocycles. The van der Waals surface area contributed by atoms with Gasteiger partial charge in [-0.2, -0.15) is 0 Å². The minimum atomic E-state index is -0.747. The van der Waals surface area contributed by atoms with Gasteiger partial charge in [-0.15, -0.1) is 5.10 Å². The summed E-state index contributed by atoms with van der Waals surface area (Å²) in [4.78, 5) is 12.2. The van der Waals surface area contributed by atoms with E-state index in [2.05, 4.69) is 20.8 Å². The van der Waals surface area contributed by atoms with Gasteiger partial charge < -0.3 is 10.4 Å². The van der Waals surface area contributed by atoms with Crippen LogP contribution in [0.15, 0.2) is 60.9 Å². The van der Waals surface area contributed by atoms with Crippen LogP contribution in [0, 0.1) is 0 Å². The number of carbonyl (C=O) groups excluding carboxylic acids is 1. The van der Waals surface area contributed by atoms with Gasteiger partial charge >= 0.3 is 0 Å². The number of rotatable bonds is 5. The Bertz CT molecular complexity index is 774. The van der Waals surface area contributed by atoms with E-state index < -0.39 is 6.10 Å². The zero-order chi connectivity index (χ0) is 16.1. The molecule has 0 unspecified atom stereocenters. The highest BCUT2D eigenvalue weighted by Gasteiger charge is 2.11. The van der Waals surface area contributed by atoms with E-state index in [-0.39, 0.29) is 12.5 Å². The highest BCUT2D eigenvalue weighted by molar-refractivity contribution is 5.94. The van der Waals surface area contributed by atoms with E-state index in [0.717, 1.165) is 5.56 Å². The number of hydrogen-bond acceptors (Lipinski definition) is 5. The fourth-order valence-electron chi connectivity index (χ4n) is 2.15. The van der Waals surface area contributed by atoms with Crippen LogP contribution < -0.4 is 5.32 Å². The minimum absolute atomic E-state index is 0.137. The van der Waals surface area contributed by atoms with E-state index in [1.54, 1.807) is 24.3 Å². The predicted molar refractivity (Wildman–Crippen MR) is 82.9 cm³/mol. The summed E-state index contributed by atoms with van der Waals surface area (Å²) in [6.45, 7) is 0.137. The Morgan fingerprint density at radius 3 is 2.74 bits per heavy atom. The molecule has 3 aromatic rings. The highest BCUT2D eigenvalue weighted by atomic mass is 16.3. The molecule has 7 nitrogen and oxygen atoms in total. The van der Waals surface area contributed by atoms with E-state index in [1.807, 2.05) is 30.3 Å². The third-order valence-corrected chi connectivity index (χ3v) is 3.36. The summed E-state index contributed by atoms with van der Waals surface area (Å²) in [7, 11) is 0. The topological polar surface area (TPSA) is 92.9 Å². The van der Waals surface area contributed by atoms with E-state index in [0.29, 0.717) is 11.3 Å². The Balaban J connectivity index is 1.66. The summed E-state index contributed by atoms with van der Waals surface area (Å²) in [6, 6.07) is 16.1. The molecule has 7 heteroatoms. The fourth-order valence-corrected chi connectivity index (χ4v) is 2.15. The van der Waals surface area contributed by atoms with Gasteiger partial charge in [-0.25, -0.2) is 4.68 Å². The van der Waals surface area contributed by atoms with Gasteiger partial charge in [0.05, 0.1) is 11.8 Å². The molecule has 0 radical (unpaired) electrons. The molecule has 0 aliphatic carbocycles. The summed E-state index contributed by atoms with van der Waals surface area (Å²) in [5, 5.41) is 23.7. The molecule has 23 heavy (non-hydrogen) atoms. The van der Waals surface area contributed by atoms with Gasteiger partial charge in [0.15, 0.2) is 0 Å². The molecule has 2 aromatic carbocycles. The number of carbonyl (C=O) groups is 1. The quantitative estimate of drug-likeness (QED) is 0.737. The second-order valence-corrected chi connectivity index (χ2v) is 4.94. The van der Waals surface area contributed by atoms with Crippen LogP contribution in [0.5, 0.6) is 0 Å². The Morgan fingerprint density at radius 1 is 1.17 bits per heavy atom. The number of aliphatic hydroxyl groups excluding tert-OH is 1. The van der Waals surface area contributed by atoms with Crippen molar-refractivity contribution in [3.05, 3.63) is 72.1 Å². The average molecular weight is 309 g/mol. The summed E-state index contributed by atoms with van der Waals surface area (Å²) in [5.74, 6) is -0.269. The van der Waals surface area contributed by atoms with E-state index in [9.17, 15) is 9.90 Å². The van der Waals surface area contributed by atoms with Crippen molar-refractivity contribution in [3.63, 3.8) is 0 Å². The number of hydrogen-bond donors (Lipinski definition) is 2. The van der Waals surface area contributed by atoms with E-state index in [4.69, 9.17) is 0 Å². The van der Waals surface area contributed by atoms with Gasteiger partial charge in [0.25, 0.3) is 5.91 Å². The number of benzene rings is 2. The molecule has 0 saturated heterocycles. The van der Waals surface area contributed by atoms with Gasteiger partial charge in [0.2, 0.25) is 0 Å². The van der Waals surface area contributed by atoms with Crippen molar-refractivity contribution < 1.29 is 9.90 Å². The van der Waals surface area contributed by atoms with Crippen molar-refractivity contribution in [2.75, 3.05) is 6.54 Å². The van der Waals surface area contributed by atoms with Crippen LogP contribution in [0.1, 0.15) is 22.0 Å². The SMILES string of the molecule is O=C(NC[C@@H](O)c1ccccc1)c1cccc(-n2cnnn2)c1. The number of tetrazole rings is 1. The number of aliphatic hydroxyl groups is 1. The van der Waals surface area contributed by atoms with Crippen molar-refractivity contribution in [1.29, 1.82) is 0 Å². The first kappa shape index (κ1) is 14.9. The maximum Gasteiger partial charge on any atom is 0.251 e. The van der Waals surface area contributed by atoms with Crippen molar-refractivity contribution in [2.45, 2.75) is 6.10 Å². The van der Waals surface area contributed by atoms with Gasteiger partial charge in [-0.05, 0) is 34.2 Å². The second kappa shape index (κ2) is 6.80. The van der Waals surface area contributed by atoms with Crippen LogP contribution in [0.4, 0.5) is 0 Å². The van der Waals surface area contributed by atoms with Crippen LogP contribution in [0.3, 0.4) is 0 Å². The third kappa shape index (κ3) is 3.58. The maximum absolute atomic E-state index is 12.2. The van der Waals surface area contributed by atoms with E-state index in [1.165, 1.54) is 11.0 Å². The first-order chi connectivity index (χ1) is 11.2. The molecule has 0 bridgehead atoms. The molecular formula is C16H15N5O2.